The van der Waals surface area contributed by atoms with Crippen molar-refractivity contribution in [2.45, 2.75) is 12.8 Å². The number of hydrogen-bond acceptors (Lipinski definition) is 4. The summed E-state index contributed by atoms with van der Waals surface area (Å²) in [6.45, 7) is -0.0134. The molecule has 6 nitrogen and oxygen atoms in total. The molecule has 0 bridgehead atoms. The lowest BCUT2D eigenvalue weighted by atomic mass is 10.0. The van der Waals surface area contributed by atoms with Gasteiger partial charge < -0.3 is 15.0 Å². The number of Topliss-reactive ketones (excluding diaryl/α,β-unsaturated/α-hetero) is 1. The van der Waals surface area contributed by atoms with E-state index in [4.69, 9.17) is 16.3 Å². The number of ketones is 1. The van der Waals surface area contributed by atoms with Gasteiger partial charge in [0.2, 0.25) is 5.91 Å². The number of amides is 2. The van der Waals surface area contributed by atoms with E-state index in [1.807, 2.05) is 0 Å². The normalized spacial score (nSPS) is 13.0. The first kappa shape index (κ1) is 17.9. The summed E-state index contributed by atoms with van der Waals surface area (Å²) in [6.07, 6.45) is 0.109. The first-order valence-corrected chi connectivity index (χ1v) is 8.44. The molecule has 0 atom stereocenters. The third-order valence-corrected chi connectivity index (χ3v) is 4.29. The Morgan fingerprint density at radius 2 is 2.00 bits per heavy atom. The lowest BCUT2D eigenvalue weighted by Gasteiger charge is -2.26. The number of carbonyl (C=O) groups excluding carboxylic acids is 3. The minimum atomic E-state index is -0.269. The maximum Gasteiger partial charge on any atom is 0.264 e. The zero-order chi connectivity index (χ0) is 18.7. The molecule has 3 rings (SSSR count). The Morgan fingerprint density at radius 1 is 1.19 bits per heavy atom. The molecule has 0 aromatic heterocycles. The van der Waals surface area contributed by atoms with Crippen molar-refractivity contribution in [2.24, 2.45) is 0 Å². The summed E-state index contributed by atoms with van der Waals surface area (Å²) in [4.78, 5) is 37.6. The van der Waals surface area contributed by atoms with Gasteiger partial charge in [0.1, 0.15) is 5.75 Å². The van der Waals surface area contributed by atoms with Crippen molar-refractivity contribution in [3.8, 4) is 5.75 Å². The first-order valence-electron chi connectivity index (χ1n) is 8.06. The average molecular weight is 373 g/mol. The number of rotatable bonds is 5. The highest BCUT2D eigenvalue weighted by Gasteiger charge is 2.23. The van der Waals surface area contributed by atoms with Crippen molar-refractivity contribution in [1.82, 2.24) is 0 Å². The van der Waals surface area contributed by atoms with E-state index in [1.54, 1.807) is 49.5 Å². The van der Waals surface area contributed by atoms with Gasteiger partial charge in [0, 0.05) is 36.2 Å². The number of benzene rings is 2. The highest BCUT2D eigenvalue weighted by molar-refractivity contribution is 6.30. The largest absolute Gasteiger partial charge is 0.482 e. The van der Waals surface area contributed by atoms with Crippen LogP contribution >= 0.6 is 11.6 Å². The number of carbonyl (C=O) groups is 3. The van der Waals surface area contributed by atoms with E-state index >= 15 is 0 Å². The van der Waals surface area contributed by atoms with E-state index in [1.165, 1.54) is 4.90 Å². The Bertz CT molecular complexity index is 882. The average Bonchev–Trinajstić information content (AvgIpc) is 2.62. The monoisotopic (exact) mass is 372 g/mol. The summed E-state index contributed by atoms with van der Waals surface area (Å²) < 4.78 is 5.34. The van der Waals surface area contributed by atoms with Gasteiger partial charge in [-0.2, -0.15) is 0 Å². The molecular weight excluding hydrogens is 356 g/mol. The van der Waals surface area contributed by atoms with Crippen LogP contribution in [0.4, 0.5) is 11.4 Å². The number of likely N-dealkylation sites (N-methyl/N-ethyl adjacent to an activating group) is 1. The van der Waals surface area contributed by atoms with E-state index in [9.17, 15) is 14.4 Å². The van der Waals surface area contributed by atoms with E-state index in [0.717, 1.165) is 0 Å². The number of anilines is 2. The van der Waals surface area contributed by atoms with Crippen molar-refractivity contribution in [2.75, 3.05) is 23.9 Å². The van der Waals surface area contributed by atoms with Gasteiger partial charge in [0.25, 0.3) is 5.91 Å². The minimum absolute atomic E-state index is 0.0134. The van der Waals surface area contributed by atoms with Crippen LogP contribution in [0.1, 0.15) is 23.2 Å². The molecule has 0 radical (unpaired) electrons. The van der Waals surface area contributed by atoms with Gasteiger partial charge >= 0.3 is 0 Å². The zero-order valence-electron chi connectivity index (χ0n) is 14.1. The van der Waals surface area contributed by atoms with E-state index in [2.05, 4.69) is 5.32 Å². The quantitative estimate of drug-likeness (QED) is 0.817. The molecule has 0 fully saturated rings. The number of ether oxygens (including phenoxy) is 1. The van der Waals surface area contributed by atoms with E-state index < -0.39 is 0 Å². The number of halogens is 1. The fourth-order valence-electron chi connectivity index (χ4n) is 2.61. The number of fused-ring (bicyclic) bond motifs is 1. The maximum atomic E-state index is 12.4. The topological polar surface area (TPSA) is 75.7 Å². The molecule has 0 saturated carbocycles. The maximum absolute atomic E-state index is 12.4. The molecule has 1 aliphatic rings. The molecule has 2 aromatic carbocycles. The van der Waals surface area contributed by atoms with Gasteiger partial charge in [0.05, 0.1) is 5.69 Å². The second-order valence-corrected chi connectivity index (χ2v) is 6.34. The van der Waals surface area contributed by atoms with Gasteiger partial charge in [0.15, 0.2) is 12.4 Å². The highest BCUT2D eigenvalue weighted by Crippen LogP contribution is 2.32. The smallest absolute Gasteiger partial charge is 0.264 e. The number of nitrogens with zero attached hydrogens (tertiary/aromatic N) is 1. The fraction of sp³-hybridized carbons (Fsp3) is 0.211. The molecule has 1 N–H and O–H groups in total. The Labute approximate surface area is 155 Å². The van der Waals surface area contributed by atoms with Crippen LogP contribution in [-0.4, -0.2) is 31.3 Å². The second-order valence-electron chi connectivity index (χ2n) is 5.91. The summed E-state index contributed by atoms with van der Waals surface area (Å²) >= 11 is 5.87. The van der Waals surface area contributed by atoms with Crippen molar-refractivity contribution in [3.05, 3.63) is 53.1 Å². The summed E-state index contributed by atoms with van der Waals surface area (Å²) in [5.41, 5.74) is 1.57. The molecule has 134 valence electrons. The SMILES string of the molecule is CN1C(=O)COc2ccc(C(=O)CCC(=O)Nc3cccc(Cl)c3)cc21. The molecule has 1 heterocycles. The summed E-state index contributed by atoms with van der Waals surface area (Å²) in [5, 5.41) is 3.23. The summed E-state index contributed by atoms with van der Waals surface area (Å²) in [7, 11) is 1.64. The number of nitrogens with one attached hydrogen (secondary N) is 1. The van der Waals surface area contributed by atoms with Gasteiger partial charge in [-0.25, -0.2) is 0 Å². The van der Waals surface area contributed by atoms with Crippen LogP contribution < -0.4 is 15.0 Å². The Balaban J connectivity index is 1.62. The molecule has 0 unspecified atom stereocenters. The summed E-state index contributed by atoms with van der Waals surface area (Å²) in [6, 6.07) is 11.7. The standard InChI is InChI=1S/C19H17ClN2O4/c1-22-15-9-12(5-7-17(15)26-11-19(22)25)16(23)6-8-18(24)21-14-4-2-3-13(20)10-14/h2-5,7,9-10H,6,8,11H2,1H3,(H,21,24). The number of hydrogen-bond donors (Lipinski definition) is 1. The van der Waals surface area contributed by atoms with Crippen molar-refractivity contribution in [1.29, 1.82) is 0 Å². The lowest BCUT2D eigenvalue weighted by molar-refractivity contribution is -0.121. The molecule has 1 aliphatic heterocycles. The predicted octanol–water partition coefficient (Wildman–Crippen LogP) is 3.30. The Morgan fingerprint density at radius 3 is 2.77 bits per heavy atom. The Hall–Kier alpha value is -2.86. The van der Waals surface area contributed by atoms with Gasteiger partial charge in [-0.15, -0.1) is 0 Å². The second kappa shape index (κ2) is 7.58. The molecule has 0 saturated heterocycles. The zero-order valence-corrected chi connectivity index (χ0v) is 14.9. The van der Waals surface area contributed by atoms with Crippen LogP contribution in [0.25, 0.3) is 0 Å². The first-order chi connectivity index (χ1) is 12.4. The lowest BCUT2D eigenvalue weighted by Crippen LogP contribution is -2.35. The third kappa shape index (κ3) is 4.03. The van der Waals surface area contributed by atoms with Crippen molar-refractivity contribution in [3.63, 3.8) is 0 Å². The van der Waals surface area contributed by atoms with Crippen LogP contribution in [-0.2, 0) is 9.59 Å². The minimum Gasteiger partial charge on any atom is -0.482 e. The van der Waals surface area contributed by atoms with Crippen molar-refractivity contribution < 1.29 is 19.1 Å². The van der Waals surface area contributed by atoms with E-state index in [-0.39, 0.29) is 37.0 Å². The fourth-order valence-corrected chi connectivity index (χ4v) is 2.80. The van der Waals surface area contributed by atoms with Crippen LogP contribution in [0.3, 0.4) is 0 Å². The molecule has 7 heteroatoms. The summed E-state index contributed by atoms with van der Waals surface area (Å²) in [5.74, 6) is -0.0694. The molecular formula is C19H17ClN2O4. The Kier molecular flexibility index (Phi) is 5.23. The van der Waals surface area contributed by atoms with Crippen LogP contribution in [0.2, 0.25) is 5.02 Å². The molecule has 26 heavy (non-hydrogen) atoms. The third-order valence-electron chi connectivity index (χ3n) is 4.06. The highest BCUT2D eigenvalue weighted by atomic mass is 35.5. The van der Waals surface area contributed by atoms with Gasteiger partial charge in [-0.3, -0.25) is 14.4 Å². The predicted molar refractivity (Wildman–Crippen MR) is 99.0 cm³/mol. The molecule has 2 aromatic rings. The molecule has 0 aliphatic carbocycles. The molecule has 0 spiro atoms. The van der Waals surface area contributed by atoms with Crippen LogP contribution in [0, 0.1) is 0 Å². The van der Waals surface area contributed by atoms with Gasteiger partial charge in [-0.1, -0.05) is 17.7 Å². The van der Waals surface area contributed by atoms with Crippen LogP contribution in [0.15, 0.2) is 42.5 Å². The molecule has 2 amide bonds. The van der Waals surface area contributed by atoms with E-state index in [0.29, 0.717) is 27.7 Å². The van der Waals surface area contributed by atoms with Gasteiger partial charge in [-0.05, 0) is 36.4 Å². The van der Waals surface area contributed by atoms with Crippen LogP contribution in [0.5, 0.6) is 5.75 Å². The van der Waals surface area contributed by atoms with Crippen molar-refractivity contribution >= 4 is 40.6 Å².